The topological polar surface area (TPSA) is 58.4 Å². The molecule has 5 nitrogen and oxygen atoms in total. The van der Waals surface area contributed by atoms with Gasteiger partial charge in [-0.05, 0) is 50.2 Å². The van der Waals surface area contributed by atoms with Crippen LogP contribution in [0.4, 0.5) is 0 Å². The van der Waals surface area contributed by atoms with Crippen molar-refractivity contribution in [2.45, 2.75) is 32.7 Å². The second kappa shape index (κ2) is 7.27. The lowest BCUT2D eigenvalue weighted by Gasteiger charge is -2.36. The number of thiophene rings is 1. The number of likely N-dealkylation sites (tertiary alicyclic amines) is 1. The van der Waals surface area contributed by atoms with E-state index >= 15 is 0 Å². The summed E-state index contributed by atoms with van der Waals surface area (Å²) in [5, 5.41) is 8.89. The Balaban J connectivity index is 1.66. The van der Waals surface area contributed by atoms with Crippen LogP contribution in [-0.4, -0.2) is 35.6 Å². The zero-order valence-corrected chi connectivity index (χ0v) is 14.4. The summed E-state index contributed by atoms with van der Waals surface area (Å²) in [5.41, 5.74) is 0.347. The lowest BCUT2D eigenvalue weighted by Crippen LogP contribution is -2.41. The number of aryl methyl sites for hydroxylation is 1. The molecule has 0 aliphatic carbocycles. The number of nitrogens with one attached hydrogen (secondary N) is 1. The molecule has 0 bridgehead atoms. The molecule has 0 saturated carbocycles. The summed E-state index contributed by atoms with van der Waals surface area (Å²) in [6.07, 6.45) is 2.44. The molecule has 2 aromatic heterocycles. The van der Waals surface area contributed by atoms with Crippen LogP contribution in [0.2, 0.25) is 0 Å². The third-order valence-electron chi connectivity index (χ3n) is 4.45. The van der Waals surface area contributed by atoms with Gasteiger partial charge in [0.1, 0.15) is 5.76 Å². The zero-order valence-electron chi connectivity index (χ0n) is 13.6. The van der Waals surface area contributed by atoms with E-state index in [-0.39, 0.29) is 11.9 Å². The van der Waals surface area contributed by atoms with Crippen LogP contribution in [-0.2, 0) is 0 Å². The lowest BCUT2D eigenvalue weighted by atomic mass is 9.97. The van der Waals surface area contributed by atoms with E-state index in [1.807, 2.05) is 0 Å². The summed E-state index contributed by atoms with van der Waals surface area (Å²) in [6, 6.07) is 6.12. The Morgan fingerprint density at radius 2 is 2.30 bits per heavy atom. The van der Waals surface area contributed by atoms with Gasteiger partial charge in [0.05, 0.1) is 6.04 Å². The minimum Gasteiger partial charge on any atom is -0.361 e. The van der Waals surface area contributed by atoms with Crippen LogP contribution in [0.1, 0.15) is 46.9 Å². The number of piperidine rings is 1. The van der Waals surface area contributed by atoms with E-state index in [1.54, 1.807) is 24.3 Å². The molecule has 1 saturated heterocycles. The van der Waals surface area contributed by atoms with Gasteiger partial charge in [-0.2, -0.15) is 0 Å². The van der Waals surface area contributed by atoms with Gasteiger partial charge < -0.3 is 9.84 Å². The molecule has 6 heteroatoms. The second-order valence-electron chi connectivity index (χ2n) is 6.28. The molecule has 1 N–H and O–H groups in total. The average Bonchev–Trinajstić information content (AvgIpc) is 3.21. The Kier molecular flexibility index (Phi) is 5.13. The third-order valence-corrected chi connectivity index (χ3v) is 5.42. The van der Waals surface area contributed by atoms with E-state index in [0.29, 0.717) is 18.0 Å². The summed E-state index contributed by atoms with van der Waals surface area (Å²) < 4.78 is 4.97. The van der Waals surface area contributed by atoms with Gasteiger partial charge in [0.25, 0.3) is 5.91 Å². The molecule has 3 rings (SSSR count). The first-order chi connectivity index (χ1) is 11.1. The molecule has 3 heterocycles. The Labute approximate surface area is 140 Å². The molecule has 1 atom stereocenters. The largest absolute Gasteiger partial charge is 0.361 e. The Hall–Kier alpha value is -1.66. The van der Waals surface area contributed by atoms with Gasteiger partial charge >= 0.3 is 0 Å². The molecular formula is C17H23N3O2S. The summed E-state index contributed by atoms with van der Waals surface area (Å²) in [4.78, 5) is 16.0. The number of hydrogen-bond donors (Lipinski definition) is 1. The Morgan fingerprint density at radius 1 is 1.52 bits per heavy atom. The van der Waals surface area contributed by atoms with Crippen molar-refractivity contribution >= 4 is 17.2 Å². The van der Waals surface area contributed by atoms with Gasteiger partial charge in [0.2, 0.25) is 0 Å². The molecular weight excluding hydrogens is 310 g/mol. The highest BCUT2D eigenvalue weighted by atomic mass is 32.1. The number of rotatable bonds is 5. The monoisotopic (exact) mass is 333 g/mol. The SMILES string of the molecule is Cc1cc(C(=O)NC[C@H](c2cccs2)N2CCC(C)CC2)no1. The van der Waals surface area contributed by atoms with Crippen molar-refractivity contribution in [1.29, 1.82) is 0 Å². The fourth-order valence-electron chi connectivity index (χ4n) is 2.98. The van der Waals surface area contributed by atoms with Gasteiger partial charge in [-0.15, -0.1) is 11.3 Å². The van der Waals surface area contributed by atoms with Crippen molar-refractivity contribution in [1.82, 2.24) is 15.4 Å². The fourth-order valence-corrected chi connectivity index (χ4v) is 3.84. The first-order valence-corrected chi connectivity index (χ1v) is 9.00. The number of carbonyl (C=O) groups is 1. The third kappa shape index (κ3) is 4.00. The van der Waals surface area contributed by atoms with Crippen LogP contribution in [0, 0.1) is 12.8 Å². The smallest absolute Gasteiger partial charge is 0.273 e. The van der Waals surface area contributed by atoms with Crippen LogP contribution in [0.15, 0.2) is 28.1 Å². The highest BCUT2D eigenvalue weighted by molar-refractivity contribution is 7.10. The molecule has 0 unspecified atom stereocenters. The van der Waals surface area contributed by atoms with Crippen molar-refractivity contribution in [3.8, 4) is 0 Å². The molecule has 1 fully saturated rings. The quantitative estimate of drug-likeness (QED) is 0.912. The fraction of sp³-hybridized carbons (Fsp3) is 0.529. The average molecular weight is 333 g/mol. The van der Waals surface area contributed by atoms with Gasteiger partial charge in [-0.1, -0.05) is 18.1 Å². The summed E-state index contributed by atoms with van der Waals surface area (Å²) in [5.74, 6) is 1.27. The number of nitrogens with zero attached hydrogens (tertiary/aromatic N) is 2. The molecule has 124 valence electrons. The number of amides is 1. The first kappa shape index (κ1) is 16.2. The van der Waals surface area contributed by atoms with Crippen LogP contribution in [0.3, 0.4) is 0 Å². The summed E-state index contributed by atoms with van der Waals surface area (Å²) >= 11 is 1.75. The molecule has 0 aromatic carbocycles. The van der Waals surface area contributed by atoms with Crippen LogP contribution < -0.4 is 5.32 Å². The molecule has 2 aromatic rings. The van der Waals surface area contributed by atoms with Gasteiger partial charge in [-0.25, -0.2) is 0 Å². The standard InChI is InChI=1S/C17H23N3O2S/c1-12-5-7-20(8-6-12)15(16-4-3-9-23-16)11-18-17(21)14-10-13(2)22-19-14/h3-4,9-10,12,15H,5-8,11H2,1-2H3,(H,18,21)/t15-/m1/s1. The van der Waals surface area contributed by atoms with E-state index in [9.17, 15) is 4.79 Å². The Bertz CT molecular complexity index is 630. The first-order valence-electron chi connectivity index (χ1n) is 8.12. The maximum absolute atomic E-state index is 12.2. The minimum absolute atomic E-state index is 0.172. The molecule has 1 aliphatic rings. The van der Waals surface area contributed by atoms with E-state index in [4.69, 9.17) is 4.52 Å². The maximum atomic E-state index is 12.2. The van der Waals surface area contributed by atoms with Crippen molar-refractivity contribution in [3.63, 3.8) is 0 Å². The van der Waals surface area contributed by atoms with Gasteiger partial charge in [-0.3, -0.25) is 9.69 Å². The van der Waals surface area contributed by atoms with Gasteiger partial charge in [0, 0.05) is 17.5 Å². The molecule has 0 radical (unpaired) electrons. The number of hydrogen-bond acceptors (Lipinski definition) is 5. The highest BCUT2D eigenvalue weighted by Crippen LogP contribution is 2.29. The van der Waals surface area contributed by atoms with E-state index in [0.717, 1.165) is 19.0 Å². The summed E-state index contributed by atoms with van der Waals surface area (Å²) in [7, 11) is 0. The minimum atomic E-state index is -0.172. The second-order valence-corrected chi connectivity index (χ2v) is 7.26. The van der Waals surface area contributed by atoms with Crippen LogP contribution >= 0.6 is 11.3 Å². The van der Waals surface area contributed by atoms with E-state index in [2.05, 4.69) is 39.8 Å². The molecule has 1 amide bonds. The Morgan fingerprint density at radius 3 is 2.91 bits per heavy atom. The predicted octanol–water partition coefficient (Wildman–Crippen LogP) is 3.25. The molecule has 0 spiro atoms. The number of aromatic nitrogens is 1. The zero-order chi connectivity index (χ0) is 16.2. The summed E-state index contributed by atoms with van der Waals surface area (Å²) in [6.45, 7) is 6.87. The molecule has 1 aliphatic heterocycles. The van der Waals surface area contributed by atoms with Crippen LogP contribution in [0.5, 0.6) is 0 Å². The van der Waals surface area contributed by atoms with Crippen molar-refractivity contribution in [2.75, 3.05) is 19.6 Å². The number of carbonyl (C=O) groups excluding carboxylic acids is 1. The van der Waals surface area contributed by atoms with E-state index in [1.165, 1.54) is 17.7 Å². The molecule has 23 heavy (non-hydrogen) atoms. The van der Waals surface area contributed by atoms with Crippen LogP contribution in [0.25, 0.3) is 0 Å². The normalized spacial score (nSPS) is 18.0. The lowest BCUT2D eigenvalue weighted by molar-refractivity contribution is 0.0906. The van der Waals surface area contributed by atoms with Crippen molar-refractivity contribution in [2.24, 2.45) is 5.92 Å². The van der Waals surface area contributed by atoms with Crippen molar-refractivity contribution in [3.05, 3.63) is 39.9 Å². The van der Waals surface area contributed by atoms with Gasteiger partial charge in [0.15, 0.2) is 5.69 Å². The van der Waals surface area contributed by atoms with E-state index < -0.39 is 0 Å². The maximum Gasteiger partial charge on any atom is 0.273 e. The predicted molar refractivity (Wildman–Crippen MR) is 90.6 cm³/mol. The highest BCUT2D eigenvalue weighted by Gasteiger charge is 2.26. The van der Waals surface area contributed by atoms with Crippen molar-refractivity contribution < 1.29 is 9.32 Å².